The maximum Gasteiger partial charge on any atom is 0.323 e. The zero-order valence-corrected chi connectivity index (χ0v) is 11.4. The molecule has 0 aromatic rings. The van der Waals surface area contributed by atoms with Crippen LogP contribution in [-0.2, 0) is 19.1 Å². The number of rotatable bonds is 8. The Balaban J connectivity index is 2.71. The largest absolute Gasteiger partial charge is 0.480 e. The second kappa shape index (κ2) is 7.81. The zero-order chi connectivity index (χ0) is 15.1. The van der Waals surface area contributed by atoms with E-state index in [0.717, 1.165) is 17.9 Å². The molecule has 1 aliphatic heterocycles. The van der Waals surface area contributed by atoms with Gasteiger partial charge in [-0.2, -0.15) is 0 Å². The Labute approximate surface area is 116 Å². The van der Waals surface area contributed by atoms with Gasteiger partial charge >= 0.3 is 11.9 Å². The number of carboxylic acids is 2. The molecule has 0 aromatic carbocycles. The summed E-state index contributed by atoms with van der Waals surface area (Å²) in [6.07, 6.45) is 0.894. The lowest BCUT2D eigenvalue weighted by molar-refractivity contribution is -0.151. The summed E-state index contributed by atoms with van der Waals surface area (Å²) in [6, 6.07) is -0.201. The summed E-state index contributed by atoms with van der Waals surface area (Å²) in [5.41, 5.74) is 0. The minimum Gasteiger partial charge on any atom is -0.480 e. The average molecular weight is 288 g/mol. The van der Waals surface area contributed by atoms with E-state index in [2.05, 4.69) is 5.32 Å². The molecule has 114 valence electrons. The van der Waals surface area contributed by atoms with Gasteiger partial charge in [-0.1, -0.05) is 6.92 Å². The maximum absolute atomic E-state index is 12.3. The van der Waals surface area contributed by atoms with Crippen LogP contribution in [0.1, 0.15) is 13.3 Å². The number of amides is 1. The quantitative estimate of drug-likeness (QED) is 0.524. The topological polar surface area (TPSA) is 116 Å². The Hall–Kier alpha value is -1.67. The summed E-state index contributed by atoms with van der Waals surface area (Å²) in [4.78, 5) is 34.6. The van der Waals surface area contributed by atoms with E-state index in [1.54, 1.807) is 0 Å². The molecule has 1 aliphatic rings. The minimum absolute atomic E-state index is 0.177. The number of carboxylic acid groups (broad SMARTS) is 2. The van der Waals surface area contributed by atoms with Crippen LogP contribution in [0, 0.1) is 5.92 Å². The van der Waals surface area contributed by atoms with E-state index in [1.165, 1.54) is 0 Å². The number of nitrogens with one attached hydrogen (secondary N) is 1. The van der Waals surface area contributed by atoms with Crippen molar-refractivity contribution in [1.29, 1.82) is 0 Å². The Kier molecular flexibility index (Phi) is 6.40. The van der Waals surface area contributed by atoms with Crippen molar-refractivity contribution in [2.45, 2.75) is 19.4 Å². The van der Waals surface area contributed by atoms with Crippen LogP contribution in [-0.4, -0.2) is 71.8 Å². The van der Waals surface area contributed by atoms with E-state index in [9.17, 15) is 14.4 Å². The third-order valence-electron chi connectivity index (χ3n) is 3.02. The smallest absolute Gasteiger partial charge is 0.323 e. The summed E-state index contributed by atoms with van der Waals surface area (Å²) in [5.74, 6) is -3.52. The maximum atomic E-state index is 12.3. The van der Waals surface area contributed by atoms with Gasteiger partial charge in [-0.05, 0) is 13.0 Å². The molecule has 8 nitrogen and oxygen atoms in total. The molecule has 1 amide bonds. The predicted octanol–water partition coefficient (Wildman–Crippen LogP) is -1.00. The fraction of sp³-hybridized carbons (Fsp3) is 0.750. The van der Waals surface area contributed by atoms with Crippen molar-refractivity contribution in [3.8, 4) is 0 Å². The molecule has 8 heteroatoms. The van der Waals surface area contributed by atoms with Gasteiger partial charge in [-0.3, -0.25) is 14.4 Å². The van der Waals surface area contributed by atoms with Crippen LogP contribution in [0.3, 0.4) is 0 Å². The van der Waals surface area contributed by atoms with E-state index in [-0.39, 0.29) is 12.6 Å². The zero-order valence-electron chi connectivity index (χ0n) is 11.4. The number of hydrogen-bond acceptors (Lipinski definition) is 5. The van der Waals surface area contributed by atoms with Crippen LogP contribution >= 0.6 is 0 Å². The number of nitrogens with zero attached hydrogens (tertiary/aromatic N) is 1. The molecule has 2 atom stereocenters. The van der Waals surface area contributed by atoms with Gasteiger partial charge in [0.15, 0.2) is 0 Å². The monoisotopic (exact) mass is 288 g/mol. The molecular formula is C12H20N2O6. The normalized spacial score (nSPS) is 21.6. The average Bonchev–Trinajstić information content (AvgIpc) is 2.81. The third kappa shape index (κ3) is 4.78. The molecule has 1 rings (SSSR count). The van der Waals surface area contributed by atoms with Crippen LogP contribution < -0.4 is 5.32 Å². The summed E-state index contributed by atoms with van der Waals surface area (Å²) in [7, 11) is 0. The first kappa shape index (κ1) is 16.4. The summed E-state index contributed by atoms with van der Waals surface area (Å²) >= 11 is 0. The van der Waals surface area contributed by atoms with Crippen LogP contribution in [0.25, 0.3) is 0 Å². The molecule has 0 aromatic heterocycles. The van der Waals surface area contributed by atoms with E-state index in [1.807, 2.05) is 6.92 Å². The first-order valence-electron chi connectivity index (χ1n) is 6.49. The molecular weight excluding hydrogens is 268 g/mol. The lowest BCUT2D eigenvalue weighted by atomic mass is 10.0. The van der Waals surface area contributed by atoms with Crippen LogP contribution in [0.4, 0.5) is 0 Å². The minimum atomic E-state index is -1.24. The first-order valence-corrected chi connectivity index (χ1v) is 6.49. The van der Waals surface area contributed by atoms with Crippen molar-refractivity contribution >= 4 is 17.8 Å². The highest BCUT2D eigenvalue weighted by atomic mass is 16.5. The summed E-state index contributed by atoms with van der Waals surface area (Å²) in [5, 5.41) is 20.7. The van der Waals surface area contributed by atoms with E-state index in [4.69, 9.17) is 14.9 Å². The van der Waals surface area contributed by atoms with Crippen molar-refractivity contribution in [1.82, 2.24) is 10.2 Å². The second-order valence-corrected chi connectivity index (χ2v) is 4.69. The summed E-state index contributed by atoms with van der Waals surface area (Å²) < 4.78 is 5.24. The molecule has 0 bridgehead atoms. The summed E-state index contributed by atoms with van der Waals surface area (Å²) in [6.45, 7) is 2.00. The number of ether oxygens (including phenoxy) is 1. The fourth-order valence-corrected chi connectivity index (χ4v) is 2.10. The van der Waals surface area contributed by atoms with Crippen molar-refractivity contribution in [3.63, 3.8) is 0 Å². The molecule has 0 saturated carbocycles. The first-order chi connectivity index (χ1) is 9.45. The molecule has 1 fully saturated rings. The van der Waals surface area contributed by atoms with Gasteiger partial charge in [0, 0.05) is 6.04 Å². The van der Waals surface area contributed by atoms with Crippen LogP contribution in [0.2, 0.25) is 0 Å². The van der Waals surface area contributed by atoms with Gasteiger partial charge in [-0.25, -0.2) is 0 Å². The Morgan fingerprint density at radius 3 is 2.30 bits per heavy atom. The molecule has 1 heterocycles. The third-order valence-corrected chi connectivity index (χ3v) is 3.02. The number of carbonyl (C=O) groups excluding carboxylic acids is 1. The van der Waals surface area contributed by atoms with E-state index < -0.39 is 36.9 Å². The second-order valence-electron chi connectivity index (χ2n) is 4.69. The molecule has 0 aliphatic carbocycles. The number of carbonyl (C=O) groups is 3. The molecule has 3 N–H and O–H groups in total. The van der Waals surface area contributed by atoms with Gasteiger partial charge in [0.05, 0.1) is 19.1 Å². The number of aliphatic carboxylic acids is 2. The molecule has 20 heavy (non-hydrogen) atoms. The molecule has 2 unspecified atom stereocenters. The Morgan fingerprint density at radius 2 is 1.80 bits per heavy atom. The Morgan fingerprint density at radius 1 is 1.20 bits per heavy atom. The fourth-order valence-electron chi connectivity index (χ4n) is 2.10. The molecule has 0 radical (unpaired) electrons. The number of hydrogen-bond donors (Lipinski definition) is 3. The highest BCUT2D eigenvalue weighted by Crippen LogP contribution is 2.17. The van der Waals surface area contributed by atoms with Crippen molar-refractivity contribution in [2.24, 2.45) is 5.92 Å². The van der Waals surface area contributed by atoms with E-state index >= 15 is 0 Å². The highest BCUT2D eigenvalue weighted by molar-refractivity contribution is 5.87. The van der Waals surface area contributed by atoms with Gasteiger partial charge in [0.2, 0.25) is 5.91 Å². The van der Waals surface area contributed by atoms with Crippen molar-refractivity contribution in [3.05, 3.63) is 0 Å². The lowest BCUT2D eigenvalue weighted by Gasteiger charge is -2.25. The van der Waals surface area contributed by atoms with Crippen LogP contribution in [0.15, 0.2) is 0 Å². The Bertz CT molecular complexity index is 357. The highest BCUT2D eigenvalue weighted by Gasteiger charge is 2.37. The lowest BCUT2D eigenvalue weighted by Crippen LogP contribution is -2.48. The molecule has 1 saturated heterocycles. The predicted molar refractivity (Wildman–Crippen MR) is 68.2 cm³/mol. The van der Waals surface area contributed by atoms with E-state index in [0.29, 0.717) is 6.61 Å². The van der Waals surface area contributed by atoms with Crippen molar-refractivity contribution < 1.29 is 29.3 Å². The van der Waals surface area contributed by atoms with Gasteiger partial charge in [0.1, 0.15) is 13.1 Å². The van der Waals surface area contributed by atoms with Gasteiger partial charge < -0.3 is 25.2 Å². The molecule has 0 spiro atoms. The van der Waals surface area contributed by atoms with Gasteiger partial charge in [-0.15, -0.1) is 0 Å². The van der Waals surface area contributed by atoms with Crippen molar-refractivity contribution in [2.75, 3.05) is 32.8 Å². The standard InChI is InChI=1S/C12H20N2O6/c1-2-3-13-9-7-20-6-8(9)12(19)14(4-10(15)16)5-11(17)18/h8-9,13H,2-7H2,1H3,(H,15,16)(H,17,18). The van der Waals surface area contributed by atoms with Crippen LogP contribution in [0.5, 0.6) is 0 Å². The SMILES string of the molecule is CCCNC1COCC1C(=O)N(CC(=O)O)CC(=O)O. The van der Waals surface area contributed by atoms with Gasteiger partial charge in [0.25, 0.3) is 0 Å².